The van der Waals surface area contributed by atoms with Gasteiger partial charge in [0, 0.05) is 23.8 Å². The summed E-state index contributed by atoms with van der Waals surface area (Å²) in [5.74, 6) is 0.943. The van der Waals surface area contributed by atoms with Crippen molar-refractivity contribution in [1.29, 1.82) is 0 Å². The molecule has 0 spiro atoms. The molecule has 0 radical (unpaired) electrons. The molecule has 0 fully saturated rings. The molecule has 0 aliphatic rings. The SMILES string of the molecule is CC(C)(C)c1cnc(Cn2cc(CCO)c(C(F)(F)F)n2)o1. The van der Waals surface area contributed by atoms with Crippen molar-refractivity contribution in [3.63, 3.8) is 0 Å². The summed E-state index contributed by atoms with van der Waals surface area (Å²) in [4.78, 5) is 4.07. The average Bonchev–Trinajstić information content (AvgIpc) is 2.96. The van der Waals surface area contributed by atoms with E-state index in [1.165, 1.54) is 6.20 Å². The van der Waals surface area contributed by atoms with E-state index < -0.39 is 11.9 Å². The van der Waals surface area contributed by atoms with Gasteiger partial charge in [-0.1, -0.05) is 20.8 Å². The van der Waals surface area contributed by atoms with Gasteiger partial charge in [-0.2, -0.15) is 18.3 Å². The van der Waals surface area contributed by atoms with Crippen LogP contribution in [0.15, 0.2) is 16.8 Å². The van der Waals surface area contributed by atoms with Gasteiger partial charge in [0.1, 0.15) is 12.3 Å². The van der Waals surface area contributed by atoms with Gasteiger partial charge < -0.3 is 9.52 Å². The third-order valence-electron chi connectivity index (χ3n) is 3.08. The number of aliphatic hydroxyl groups excluding tert-OH is 1. The number of aliphatic hydroxyl groups is 1. The highest BCUT2D eigenvalue weighted by molar-refractivity contribution is 5.20. The van der Waals surface area contributed by atoms with Crippen molar-refractivity contribution >= 4 is 0 Å². The molecule has 122 valence electrons. The van der Waals surface area contributed by atoms with Crippen molar-refractivity contribution in [1.82, 2.24) is 14.8 Å². The van der Waals surface area contributed by atoms with Crippen LogP contribution < -0.4 is 0 Å². The van der Waals surface area contributed by atoms with Crippen molar-refractivity contribution in [2.45, 2.75) is 45.3 Å². The first-order valence-corrected chi connectivity index (χ1v) is 6.81. The maximum absolute atomic E-state index is 12.9. The van der Waals surface area contributed by atoms with E-state index in [1.807, 2.05) is 20.8 Å². The predicted octanol–water partition coefficient (Wildman–Crippen LogP) is 2.77. The molecular weight excluding hydrogens is 299 g/mol. The minimum Gasteiger partial charge on any atom is -0.443 e. The maximum atomic E-state index is 12.9. The first-order chi connectivity index (χ1) is 10.1. The van der Waals surface area contributed by atoms with Crippen molar-refractivity contribution in [2.24, 2.45) is 0 Å². The number of hydrogen-bond acceptors (Lipinski definition) is 4. The fraction of sp³-hybridized carbons (Fsp3) is 0.571. The van der Waals surface area contributed by atoms with Crippen LogP contribution in [-0.2, 0) is 24.6 Å². The van der Waals surface area contributed by atoms with Crippen molar-refractivity contribution in [3.8, 4) is 0 Å². The topological polar surface area (TPSA) is 64.1 Å². The van der Waals surface area contributed by atoms with Gasteiger partial charge in [-0.3, -0.25) is 4.68 Å². The molecule has 5 nitrogen and oxygen atoms in total. The van der Waals surface area contributed by atoms with Crippen molar-refractivity contribution < 1.29 is 22.7 Å². The molecular formula is C14H18F3N3O2. The minimum atomic E-state index is -4.55. The highest BCUT2D eigenvalue weighted by Crippen LogP contribution is 2.31. The summed E-state index contributed by atoms with van der Waals surface area (Å²) < 4.78 is 45.3. The van der Waals surface area contributed by atoms with Crippen LogP contribution in [0.3, 0.4) is 0 Å². The lowest BCUT2D eigenvalue weighted by atomic mass is 9.94. The zero-order valence-corrected chi connectivity index (χ0v) is 12.6. The maximum Gasteiger partial charge on any atom is 0.435 e. The number of hydrogen-bond donors (Lipinski definition) is 1. The molecule has 0 atom stereocenters. The third kappa shape index (κ3) is 3.68. The highest BCUT2D eigenvalue weighted by Gasteiger charge is 2.37. The molecule has 2 heterocycles. The fourth-order valence-corrected chi connectivity index (χ4v) is 1.95. The van der Waals surface area contributed by atoms with Crippen LogP contribution in [0.5, 0.6) is 0 Å². The zero-order chi connectivity index (χ0) is 16.5. The van der Waals surface area contributed by atoms with Gasteiger partial charge in [0.25, 0.3) is 0 Å². The summed E-state index contributed by atoms with van der Waals surface area (Å²) in [6, 6.07) is 0. The summed E-state index contributed by atoms with van der Waals surface area (Å²) in [6.07, 6.45) is -1.82. The van der Waals surface area contributed by atoms with Crippen molar-refractivity contribution in [3.05, 3.63) is 35.3 Å². The largest absolute Gasteiger partial charge is 0.443 e. The summed E-state index contributed by atoms with van der Waals surface area (Å²) in [5, 5.41) is 12.4. The Kier molecular flexibility index (Phi) is 4.32. The first kappa shape index (κ1) is 16.5. The van der Waals surface area contributed by atoms with E-state index in [9.17, 15) is 13.2 Å². The molecule has 1 N–H and O–H groups in total. The van der Waals surface area contributed by atoms with E-state index in [-0.39, 0.29) is 36.4 Å². The van der Waals surface area contributed by atoms with Crippen LogP contribution in [0.4, 0.5) is 13.2 Å². The third-order valence-corrected chi connectivity index (χ3v) is 3.08. The predicted molar refractivity (Wildman–Crippen MR) is 72.3 cm³/mol. The van der Waals surface area contributed by atoms with Crippen molar-refractivity contribution in [2.75, 3.05) is 6.61 Å². The van der Waals surface area contributed by atoms with Crippen LogP contribution in [0.25, 0.3) is 0 Å². The number of nitrogens with zero attached hydrogens (tertiary/aromatic N) is 3. The van der Waals surface area contributed by atoms with E-state index >= 15 is 0 Å². The van der Waals surface area contributed by atoms with Crippen LogP contribution in [0.1, 0.15) is 43.7 Å². The Morgan fingerprint density at radius 2 is 1.95 bits per heavy atom. The molecule has 0 unspecified atom stereocenters. The van der Waals surface area contributed by atoms with Gasteiger partial charge >= 0.3 is 6.18 Å². The van der Waals surface area contributed by atoms with Crippen LogP contribution in [0.2, 0.25) is 0 Å². The molecule has 0 bridgehead atoms. The van der Waals surface area contributed by atoms with Gasteiger partial charge in [0.2, 0.25) is 5.89 Å². The van der Waals surface area contributed by atoms with Gasteiger partial charge in [0.05, 0.1) is 6.20 Å². The molecule has 22 heavy (non-hydrogen) atoms. The Labute approximate surface area is 125 Å². The number of oxazole rings is 1. The van der Waals surface area contributed by atoms with Crippen LogP contribution in [-0.4, -0.2) is 26.5 Å². The van der Waals surface area contributed by atoms with E-state index in [4.69, 9.17) is 9.52 Å². The molecule has 8 heteroatoms. The number of halogens is 3. The van der Waals surface area contributed by atoms with E-state index in [1.54, 1.807) is 6.20 Å². The normalized spacial score (nSPS) is 12.9. The van der Waals surface area contributed by atoms with Gasteiger partial charge in [-0.05, 0) is 6.42 Å². The van der Waals surface area contributed by atoms with E-state index in [2.05, 4.69) is 10.1 Å². The second-order valence-corrected chi connectivity index (χ2v) is 6.04. The highest BCUT2D eigenvalue weighted by atomic mass is 19.4. The summed E-state index contributed by atoms with van der Waals surface area (Å²) >= 11 is 0. The zero-order valence-electron chi connectivity index (χ0n) is 12.6. The molecule has 2 rings (SSSR count). The molecule has 0 aromatic carbocycles. The first-order valence-electron chi connectivity index (χ1n) is 6.81. The number of rotatable bonds is 4. The standard InChI is InChI=1S/C14H18F3N3O2/c1-13(2,3)10-6-18-11(22-10)8-20-7-9(4-5-21)12(19-20)14(15,16)17/h6-7,21H,4-5,8H2,1-3H3. The summed E-state index contributed by atoms with van der Waals surface area (Å²) in [5.41, 5.74) is -1.25. The molecule has 0 saturated heterocycles. The molecule has 2 aromatic heterocycles. The van der Waals surface area contributed by atoms with E-state index in [0.717, 1.165) is 4.68 Å². The second kappa shape index (κ2) is 5.75. The Bertz CT molecular complexity index is 639. The smallest absolute Gasteiger partial charge is 0.435 e. The number of aromatic nitrogens is 3. The van der Waals surface area contributed by atoms with Gasteiger partial charge in [0.15, 0.2) is 5.69 Å². The molecule has 0 aliphatic heterocycles. The van der Waals surface area contributed by atoms with Gasteiger partial charge in [-0.25, -0.2) is 4.98 Å². The molecule has 0 amide bonds. The number of alkyl halides is 3. The monoisotopic (exact) mass is 317 g/mol. The average molecular weight is 317 g/mol. The Hall–Kier alpha value is -1.83. The summed E-state index contributed by atoms with van der Waals surface area (Å²) in [6.45, 7) is 5.48. The van der Waals surface area contributed by atoms with Crippen LogP contribution in [0, 0.1) is 0 Å². The lowest BCUT2D eigenvalue weighted by Crippen LogP contribution is -2.11. The van der Waals surface area contributed by atoms with E-state index in [0.29, 0.717) is 5.76 Å². The lowest BCUT2D eigenvalue weighted by Gasteiger charge is -2.13. The Morgan fingerprint density at radius 1 is 1.27 bits per heavy atom. The second-order valence-electron chi connectivity index (χ2n) is 6.04. The lowest BCUT2D eigenvalue weighted by molar-refractivity contribution is -0.142. The fourth-order valence-electron chi connectivity index (χ4n) is 1.95. The molecule has 2 aromatic rings. The summed E-state index contributed by atoms with van der Waals surface area (Å²) in [7, 11) is 0. The van der Waals surface area contributed by atoms with Crippen LogP contribution >= 0.6 is 0 Å². The minimum absolute atomic E-state index is 0.00455. The molecule has 0 saturated carbocycles. The van der Waals surface area contributed by atoms with Gasteiger partial charge in [-0.15, -0.1) is 0 Å². The Morgan fingerprint density at radius 3 is 2.45 bits per heavy atom. The quantitative estimate of drug-likeness (QED) is 0.942. The molecule has 0 aliphatic carbocycles. The Balaban J connectivity index is 2.25.